The highest BCUT2D eigenvalue weighted by atomic mass is 32.2. The number of halogens is 3. The lowest BCUT2D eigenvalue weighted by atomic mass is 9.90. The molecular weight excluding hydrogens is 435 g/mol. The van der Waals surface area contributed by atoms with Crippen molar-refractivity contribution in [3.63, 3.8) is 0 Å². The monoisotopic (exact) mass is 453 g/mol. The number of alkyl halides is 3. The summed E-state index contributed by atoms with van der Waals surface area (Å²) in [6, 6.07) is 7.77. The van der Waals surface area contributed by atoms with Gasteiger partial charge in [0, 0.05) is 11.1 Å². The van der Waals surface area contributed by atoms with Crippen LogP contribution in [0.4, 0.5) is 13.2 Å². The summed E-state index contributed by atoms with van der Waals surface area (Å²) in [6.07, 6.45) is -4.74. The van der Waals surface area contributed by atoms with Crippen LogP contribution in [0.15, 0.2) is 47.4 Å². The summed E-state index contributed by atoms with van der Waals surface area (Å²) >= 11 is 0. The van der Waals surface area contributed by atoms with E-state index in [2.05, 4.69) is 0 Å². The number of rotatable bonds is 4. The first-order chi connectivity index (χ1) is 14.1. The van der Waals surface area contributed by atoms with E-state index in [1.54, 1.807) is 0 Å². The molecule has 0 spiro atoms. The van der Waals surface area contributed by atoms with Crippen molar-refractivity contribution in [2.24, 2.45) is 5.14 Å². The van der Waals surface area contributed by atoms with Crippen molar-refractivity contribution < 1.29 is 35.9 Å². The maximum Gasteiger partial charge on any atom is 0.416 e. The highest BCUT2D eigenvalue weighted by Crippen LogP contribution is 2.43. The van der Waals surface area contributed by atoms with E-state index in [0.717, 1.165) is 19.1 Å². The van der Waals surface area contributed by atoms with Crippen LogP contribution in [0.3, 0.4) is 0 Å². The Morgan fingerprint density at radius 2 is 1.61 bits per heavy atom. The molecule has 10 heteroatoms. The average molecular weight is 453 g/mol. The van der Waals surface area contributed by atoms with E-state index < -0.39 is 38.9 Å². The normalized spacial score (nSPS) is 16.4. The second kappa shape index (κ2) is 7.31. The predicted octanol–water partition coefficient (Wildman–Crippen LogP) is 3.80. The van der Waals surface area contributed by atoms with E-state index in [1.807, 2.05) is 0 Å². The molecule has 0 atom stereocenters. The van der Waals surface area contributed by atoms with E-state index in [9.17, 15) is 31.2 Å². The zero-order valence-electron chi connectivity index (χ0n) is 16.7. The van der Waals surface area contributed by atoms with Gasteiger partial charge in [-0.2, -0.15) is 13.2 Å². The number of ketones is 2. The van der Waals surface area contributed by atoms with Crippen LogP contribution >= 0.6 is 0 Å². The molecule has 0 unspecified atom stereocenters. The highest BCUT2D eigenvalue weighted by molar-refractivity contribution is 7.89. The summed E-state index contributed by atoms with van der Waals surface area (Å²) in [5.41, 5.74) is -2.66. The lowest BCUT2D eigenvalue weighted by Gasteiger charge is -2.18. The van der Waals surface area contributed by atoms with Gasteiger partial charge in [0.15, 0.2) is 11.4 Å². The molecule has 0 saturated heterocycles. The Hall–Kier alpha value is -2.98. The summed E-state index contributed by atoms with van der Waals surface area (Å²) in [6.45, 7) is 4.04. The molecule has 1 aliphatic heterocycles. The van der Waals surface area contributed by atoms with Gasteiger partial charge in [-0.05, 0) is 68.8 Å². The molecule has 0 aliphatic carbocycles. The minimum Gasteiger partial charge on any atom is -0.478 e. The molecule has 0 amide bonds. The van der Waals surface area contributed by atoms with Crippen LogP contribution in [0.5, 0.6) is 0 Å². The Morgan fingerprint density at radius 3 is 2.10 bits per heavy atom. The topological polar surface area (TPSA) is 104 Å². The summed E-state index contributed by atoms with van der Waals surface area (Å²) < 4.78 is 68.9. The lowest BCUT2D eigenvalue weighted by molar-refractivity contribution is -0.137. The molecule has 1 aliphatic rings. The van der Waals surface area contributed by atoms with Gasteiger partial charge in [-0.1, -0.05) is 0 Å². The van der Waals surface area contributed by atoms with Gasteiger partial charge >= 0.3 is 6.18 Å². The summed E-state index contributed by atoms with van der Waals surface area (Å²) in [4.78, 5) is 24.6. The smallest absolute Gasteiger partial charge is 0.416 e. The van der Waals surface area contributed by atoms with Gasteiger partial charge < -0.3 is 4.74 Å². The molecule has 1 heterocycles. The minimum atomic E-state index is -4.74. The number of carbonyl (C=O) groups excluding carboxylic acids is 2. The minimum absolute atomic E-state index is 0.0233. The van der Waals surface area contributed by atoms with Gasteiger partial charge in [-0.3, -0.25) is 9.59 Å². The van der Waals surface area contributed by atoms with Crippen LogP contribution in [0.2, 0.25) is 0 Å². The summed E-state index contributed by atoms with van der Waals surface area (Å²) in [7, 11) is -3.97. The van der Waals surface area contributed by atoms with Crippen molar-refractivity contribution in [3.8, 4) is 0 Å². The first-order valence-electron chi connectivity index (χ1n) is 8.96. The molecule has 3 rings (SSSR count). The number of benzene rings is 2. The van der Waals surface area contributed by atoms with E-state index in [1.165, 1.54) is 44.2 Å². The van der Waals surface area contributed by atoms with Gasteiger partial charge in [0.25, 0.3) is 0 Å². The third-order valence-electron chi connectivity index (χ3n) is 4.76. The van der Waals surface area contributed by atoms with Gasteiger partial charge in [-0.25, -0.2) is 13.6 Å². The maximum atomic E-state index is 13.4. The van der Waals surface area contributed by atoms with Crippen LogP contribution in [0.1, 0.15) is 47.8 Å². The van der Waals surface area contributed by atoms with E-state index >= 15 is 0 Å². The van der Waals surface area contributed by atoms with E-state index in [-0.39, 0.29) is 32.9 Å². The largest absolute Gasteiger partial charge is 0.478 e. The van der Waals surface area contributed by atoms with Gasteiger partial charge in [0.05, 0.1) is 16.0 Å². The van der Waals surface area contributed by atoms with Gasteiger partial charge in [0.2, 0.25) is 15.8 Å². The molecule has 6 nitrogen and oxygen atoms in total. The van der Waals surface area contributed by atoms with Crippen molar-refractivity contribution >= 4 is 32.9 Å². The third kappa shape index (κ3) is 4.40. The SMILES string of the molecule is CC(=O)c1cc(C2=C(c3ccc(S(N)(=O)=O)cc3)OC(C)(C)C2=O)cc(C(F)(F)F)c1. The van der Waals surface area contributed by atoms with Gasteiger partial charge in [0.1, 0.15) is 5.76 Å². The van der Waals surface area contributed by atoms with Crippen LogP contribution < -0.4 is 5.14 Å². The maximum absolute atomic E-state index is 13.4. The number of hydrogen-bond acceptors (Lipinski definition) is 5. The van der Waals surface area contributed by atoms with Crippen LogP contribution in [0.25, 0.3) is 11.3 Å². The van der Waals surface area contributed by atoms with Crippen molar-refractivity contribution in [2.75, 3.05) is 0 Å². The van der Waals surface area contributed by atoms with Crippen molar-refractivity contribution in [3.05, 3.63) is 64.7 Å². The average Bonchev–Trinajstić information content (AvgIpc) is 2.89. The Bertz CT molecular complexity index is 1230. The number of hydrogen-bond donors (Lipinski definition) is 1. The fourth-order valence-electron chi connectivity index (χ4n) is 3.16. The Balaban J connectivity index is 2.28. The van der Waals surface area contributed by atoms with Crippen LogP contribution in [0, 0.1) is 0 Å². The zero-order chi connectivity index (χ0) is 23.4. The predicted molar refractivity (Wildman–Crippen MR) is 106 cm³/mol. The molecule has 0 radical (unpaired) electrons. The number of nitrogens with two attached hydrogens (primary N) is 1. The fraction of sp³-hybridized carbons (Fsp3) is 0.238. The fourth-order valence-corrected chi connectivity index (χ4v) is 3.67. The summed E-state index contributed by atoms with van der Waals surface area (Å²) in [5, 5.41) is 5.08. The van der Waals surface area contributed by atoms with Crippen LogP contribution in [-0.2, 0) is 25.7 Å². The molecule has 0 aromatic heterocycles. The number of primary sulfonamides is 1. The molecule has 0 bridgehead atoms. The first kappa shape index (κ1) is 22.7. The number of Topliss-reactive ketones (excluding diaryl/α,β-unsaturated/α-hetero) is 2. The van der Waals surface area contributed by atoms with E-state index in [4.69, 9.17) is 9.88 Å². The van der Waals surface area contributed by atoms with Crippen molar-refractivity contribution in [1.82, 2.24) is 0 Å². The molecule has 2 aromatic carbocycles. The number of sulfonamides is 1. The molecule has 2 N–H and O–H groups in total. The second-order valence-electron chi connectivity index (χ2n) is 7.57. The van der Waals surface area contributed by atoms with Crippen molar-refractivity contribution in [1.29, 1.82) is 0 Å². The standard InChI is InChI=1S/C21H18F3NO5S/c1-11(26)13-8-14(10-15(9-13)21(22,23)24)17-18(30-20(2,3)19(17)27)12-4-6-16(7-5-12)31(25,28)29/h4-10H,1-3H3,(H2,25,28,29). The Kier molecular flexibility index (Phi) is 5.35. The first-order valence-corrected chi connectivity index (χ1v) is 10.5. The molecule has 0 saturated carbocycles. The molecule has 0 fully saturated rings. The Labute approximate surface area is 176 Å². The zero-order valence-corrected chi connectivity index (χ0v) is 17.5. The van der Waals surface area contributed by atoms with Gasteiger partial charge in [-0.15, -0.1) is 0 Å². The number of ether oxygens (including phenoxy) is 1. The number of carbonyl (C=O) groups is 2. The van der Waals surface area contributed by atoms with E-state index in [0.29, 0.717) is 0 Å². The Morgan fingerprint density at radius 1 is 1.03 bits per heavy atom. The van der Waals surface area contributed by atoms with Crippen molar-refractivity contribution in [2.45, 2.75) is 37.4 Å². The second-order valence-corrected chi connectivity index (χ2v) is 9.13. The highest BCUT2D eigenvalue weighted by Gasteiger charge is 2.43. The molecule has 2 aromatic rings. The molecule has 31 heavy (non-hydrogen) atoms. The summed E-state index contributed by atoms with van der Waals surface area (Å²) in [5.74, 6) is -1.20. The molecular formula is C21H18F3NO5S. The molecule has 164 valence electrons. The van der Waals surface area contributed by atoms with Crippen LogP contribution in [-0.4, -0.2) is 25.6 Å². The lowest BCUT2D eigenvalue weighted by Crippen LogP contribution is -2.29. The quantitative estimate of drug-likeness (QED) is 0.710. The third-order valence-corrected chi connectivity index (χ3v) is 5.69.